The van der Waals surface area contributed by atoms with Crippen molar-refractivity contribution in [2.45, 2.75) is 12.8 Å². The van der Waals surface area contributed by atoms with Crippen LogP contribution in [0.15, 0.2) is 72.8 Å². The summed E-state index contributed by atoms with van der Waals surface area (Å²) in [4.78, 5) is 18.4. The molecule has 0 fully saturated rings. The number of halogens is 1. The first-order chi connectivity index (χ1) is 14.1. The molecule has 0 saturated carbocycles. The Hall–Kier alpha value is -2.89. The van der Waals surface area contributed by atoms with Crippen molar-refractivity contribution in [2.75, 3.05) is 5.32 Å². The fraction of sp³-hybridized carbons (Fsp3) is 0.130. The number of amides is 1. The van der Waals surface area contributed by atoms with Crippen LogP contribution >= 0.6 is 22.9 Å². The molecule has 29 heavy (non-hydrogen) atoms. The summed E-state index contributed by atoms with van der Waals surface area (Å²) in [6.07, 6.45) is 10.3. The van der Waals surface area contributed by atoms with E-state index in [0.29, 0.717) is 21.6 Å². The number of aromatic nitrogens is 1. The number of aromatic hydroxyl groups is 1. The largest absolute Gasteiger partial charge is 0.508 e. The lowest BCUT2D eigenvalue weighted by Crippen LogP contribution is -2.11. The van der Waals surface area contributed by atoms with Crippen LogP contribution in [0.25, 0.3) is 11.3 Å². The van der Waals surface area contributed by atoms with Crippen molar-refractivity contribution in [1.82, 2.24) is 4.98 Å². The van der Waals surface area contributed by atoms with E-state index in [4.69, 9.17) is 16.6 Å². The van der Waals surface area contributed by atoms with Crippen LogP contribution in [0.3, 0.4) is 0 Å². The molecule has 1 heterocycles. The van der Waals surface area contributed by atoms with Crippen molar-refractivity contribution in [2.24, 2.45) is 5.92 Å². The minimum Gasteiger partial charge on any atom is -0.508 e. The molecular formula is C23H19ClN2O2S. The smallest absolute Gasteiger partial charge is 0.257 e. The van der Waals surface area contributed by atoms with Crippen LogP contribution < -0.4 is 5.32 Å². The van der Waals surface area contributed by atoms with Gasteiger partial charge in [-0.2, -0.15) is 0 Å². The van der Waals surface area contributed by atoms with E-state index in [-0.39, 0.29) is 11.7 Å². The lowest BCUT2D eigenvalue weighted by molar-refractivity contribution is 0.102. The van der Waals surface area contributed by atoms with Gasteiger partial charge in [-0.1, -0.05) is 35.9 Å². The van der Waals surface area contributed by atoms with Gasteiger partial charge in [-0.05, 0) is 67.3 Å². The number of carbonyl (C=O) groups excluding carboxylic acids is 1. The number of hydrogen-bond acceptors (Lipinski definition) is 4. The molecule has 2 N–H and O–H groups in total. The van der Waals surface area contributed by atoms with Crippen molar-refractivity contribution in [3.05, 3.63) is 88.3 Å². The molecule has 1 unspecified atom stereocenters. The summed E-state index contributed by atoms with van der Waals surface area (Å²) in [7, 11) is 0. The zero-order valence-electron chi connectivity index (χ0n) is 15.5. The SMILES string of the molecule is O=C(Nc1nc(-c2ccc(O)cc2)c(CC2C=CC=CC2)s1)c1ccc(Cl)cc1. The normalized spacial score (nSPS) is 15.4. The van der Waals surface area contributed by atoms with Gasteiger partial charge in [-0.25, -0.2) is 4.98 Å². The molecule has 3 aromatic rings. The number of nitrogens with zero attached hydrogens (tertiary/aromatic N) is 1. The minimum atomic E-state index is -0.222. The summed E-state index contributed by atoms with van der Waals surface area (Å²) < 4.78 is 0. The van der Waals surface area contributed by atoms with Gasteiger partial charge in [0.1, 0.15) is 5.75 Å². The van der Waals surface area contributed by atoms with Crippen LogP contribution in [0.1, 0.15) is 21.7 Å². The average Bonchev–Trinajstić information content (AvgIpc) is 3.11. The van der Waals surface area contributed by atoms with E-state index in [1.165, 1.54) is 11.3 Å². The Morgan fingerprint density at radius 3 is 2.59 bits per heavy atom. The van der Waals surface area contributed by atoms with Gasteiger partial charge in [0.05, 0.1) is 5.69 Å². The standard InChI is InChI=1S/C23H19ClN2O2S/c24-18-10-6-17(7-11-18)22(28)26-23-25-21(16-8-12-19(27)13-9-16)20(29-23)14-15-4-2-1-3-5-15/h1-4,6-13,15,27H,5,14H2,(H,25,26,28). The Morgan fingerprint density at radius 1 is 1.14 bits per heavy atom. The third-order valence-electron chi connectivity index (χ3n) is 4.68. The maximum Gasteiger partial charge on any atom is 0.257 e. The van der Waals surface area contributed by atoms with Crippen molar-refractivity contribution in [1.29, 1.82) is 0 Å². The van der Waals surface area contributed by atoms with Crippen LogP contribution in [0.4, 0.5) is 5.13 Å². The monoisotopic (exact) mass is 422 g/mol. The Labute approximate surface area is 178 Å². The van der Waals surface area contributed by atoms with E-state index in [1.807, 2.05) is 12.1 Å². The van der Waals surface area contributed by atoms with Crippen molar-refractivity contribution >= 4 is 34.0 Å². The summed E-state index contributed by atoms with van der Waals surface area (Å²) in [5.74, 6) is 0.387. The van der Waals surface area contributed by atoms with Crippen molar-refractivity contribution in [3.8, 4) is 17.0 Å². The molecule has 2 aromatic carbocycles. The first-order valence-electron chi connectivity index (χ1n) is 9.28. The molecule has 1 aromatic heterocycles. The molecule has 0 bridgehead atoms. The van der Waals surface area contributed by atoms with Crippen LogP contribution in [0.2, 0.25) is 5.02 Å². The van der Waals surface area contributed by atoms with E-state index >= 15 is 0 Å². The molecule has 0 saturated heterocycles. The Kier molecular flexibility index (Phi) is 5.79. The topological polar surface area (TPSA) is 62.2 Å². The second-order valence-electron chi connectivity index (χ2n) is 6.81. The predicted molar refractivity (Wildman–Crippen MR) is 119 cm³/mol. The van der Waals surface area contributed by atoms with E-state index in [2.05, 4.69) is 29.6 Å². The number of nitrogens with one attached hydrogen (secondary N) is 1. The molecule has 4 rings (SSSR count). The third-order valence-corrected chi connectivity index (χ3v) is 5.93. The first-order valence-corrected chi connectivity index (χ1v) is 10.5. The van der Waals surface area contributed by atoms with Gasteiger partial charge >= 0.3 is 0 Å². The second kappa shape index (κ2) is 8.64. The number of thiazole rings is 1. The number of benzene rings is 2. The van der Waals surface area contributed by atoms with Gasteiger partial charge < -0.3 is 5.11 Å². The van der Waals surface area contributed by atoms with Gasteiger partial charge in [0.25, 0.3) is 5.91 Å². The van der Waals surface area contributed by atoms with E-state index in [1.54, 1.807) is 36.4 Å². The Morgan fingerprint density at radius 2 is 1.90 bits per heavy atom. The molecule has 146 valence electrons. The highest BCUT2D eigenvalue weighted by Gasteiger charge is 2.18. The maximum atomic E-state index is 12.6. The number of allylic oxidation sites excluding steroid dienone is 4. The highest BCUT2D eigenvalue weighted by molar-refractivity contribution is 7.16. The number of phenolic OH excluding ortho intramolecular Hbond substituents is 1. The van der Waals surface area contributed by atoms with Gasteiger partial charge in [0, 0.05) is 21.0 Å². The lowest BCUT2D eigenvalue weighted by atomic mass is 9.95. The number of carbonyl (C=O) groups is 1. The average molecular weight is 423 g/mol. The molecule has 1 aliphatic carbocycles. The molecule has 6 heteroatoms. The van der Waals surface area contributed by atoms with Crippen LogP contribution in [-0.2, 0) is 6.42 Å². The predicted octanol–water partition coefficient (Wildman–Crippen LogP) is 6.10. The van der Waals surface area contributed by atoms with Crippen molar-refractivity contribution in [3.63, 3.8) is 0 Å². The van der Waals surface area contributed by atoms with E-state index in [0.717, 1.165) is 29.0 Å². The van der Waals surface area contributed by atoms with Gasteiger partial charge in [0.15, 0.2) is 5.13 Å². The molecule has 0 spiro atoms. The fourth-order valence-corrected chi connectivity index (χ4v) is 4.38. The molecule has 4 nitrogen and oxygen atoms in total. The van der Waals surface area contributed by atoms with Crippen LogP contribution in [-0.4, -0.2) is 16.0 Å². The number of phenols is 1. The highest BCUT2D eigenvalue weighted by Crippen LogP contribution is 2.35. The summed E-state index contributed by atoms with van der Waals surface area (Å²) in [6.45, 7) is 0. The summed E-state index contributed by atoms with van der Waals surface area (Å²) >= 11 is 7.39. The van der Waals surface area contributed by atoms with Gasteiger partial charge in [0.2, 0.25) is 0 Å². The molecule has 0 radical (unpaired) electrons. The molecule has 1 atom stereocenters. The van der Waals surface area contributed by atoms with E-state index < -0.39 is 0 Å². The van der Waals surface area contributed by atoms with Gasteiger partial charge in [-0.15, -0.1) is 11.3 Å². The fourth-order valence-electron chi connectivity index (χ4n) is 3.18. The second-order valence-corrected chi connectivity index (χ2v) is 8.33. The molecule has 1 amide bonds. The first kappa shape index (κ1) is 19.4. The van der Waals surface area contributed by atoms with Crippen molar-refractivity contribution < 1.29 is 9.90 Å². The number of hydrogen-bond donors (Lipinski definition) is 2. The Bertz CT molecular complexity index is 1070. The molecular weight excluding hydrogens is 404 g/mol. The number of rotatable bonds is 5. The zero-order valence-corrected chi connectivity index (χ0v) is 17.1. The highest BCUT2D eigenvalue weighted by atomic mass is 35.5. The Balaban J connectivity index is 1.62. The zero-order chi connectivity index (χ0) is 20.2. The van der Waals surface area contributed by atoms with E-state index in [9.17, 15) is 9.90 Å². The third kappa shape index (κ3) is 4.75. The summed E-state index contributed by atoms with van der Waals surface area (Å²) in [6, 6.07) is 13.7. The lowest BCUT2D eigenvalue weighted by Gasteiger charge is -2.12. The summed E-state index contributed by atoms with van der Waals surface area (Å²) in [5.41, 5.74) is 2.28. The van der Waals surface area contributed by atoms with Gasteiger partial charge in [-0.3, -0.25) is 10.1 Å². The molecule has 0 aliphatic heterocycles. The number of anilines is 1. The summed E-state index contributed by atoms with van der Waals surface area (Å²) in [5, 5.41) is 13.6. The van der Waals surface area contributed by atoms with Crippen LogP contribution in [0, 0.1) is 5.92 Å². The van der Waals surface area contributed by atoms with Crippen LogP contribution in [0.5, 0.6) is 5.75 Å². The molecule has 1 aliphatic rings. The minimum absolute atomic E-state index is 0.210. The quantitative estimate of drug-likeness (QED) is 0.522. The maximum absolute atomic E-state index is 12.6.